The zero-order valence-corrected chi connectivity index (χ0v) is 13.9. The second-order valence-electron chi connectivity index (χ2n) is 7.06. The number of carbonyl (C=O) groups excluding carboxylic acids is 1. The highest BCUT2D eigenvalue weighted by atomic mass is 16.4. The maximum atomic E-state index is 12.1. The number of hydrogen-bond donors (Lipinski definition) is 1. The third-order valence-electron chi connectivity index (χ3n) is 5.10. The number of benzene rings is 1. The molecule has 3 nitrogen and oxygen atoms in total. The predicted molar refractivity (Wildman–Crippen MR) is 87.5 cm³/mol. The summed E-state index contributed by atoms with van der Waals surface area (Å²) < 4.78 is 0. The molecule has 3 unspecified atom stereocenters. The van der Waals surface area contributed by atoms with Crippen molar-refractivity contribution in [2.75, 3.05) is 0 Å². The summed E-state index contributed by atoms with van der Waals surface area (Å²) in [6.45, 7) is 8.17. The molecule has 2 rings (SSSR count). The molecule has 1 fully saturated rings. The zero-order valence-electron chi connectivity index (χ0n) is 13.9. The molecule has 0 aromatic heterocycles. The zero-order chi connectivity index (χ0) is 16.4. The van der Waals surface area contributed by atoms with Gasteiger partial charge >= 0.3 is 5.97 Å². The van der Waals surface area contributed by atoms with Gasteiger partial charge in [-0.2, -0.15) is 0 Å². The van der Waals surface area contributed by atoms with E-state index >= 15 is 0 Å². The Hall–Kier alpha value is -1.64. The molecule has 0 aliphatic heterocycles. The van der Waals surface area contributed by atoms with Gasteiger partial charge in [0.15, 0.2) is 5.78 Å². The summed E-state index contributed by atoms with van der Waals surface area (Å²) in [5.74, 6) is 0.783. The fourth-order valence-corrected chi connectivity index (χ4v) is 4.01. The number of aromatic carboxylic acids is 1. The fraction of sp³-hybridized carbons (Fsp3) is 0.579. The molecule has 3 heteroatoms. The van der Waals surface area contributed by atoms with Gasteiger partial charge in [-0.05, 0) is 55.1 Å². The highest BCUT2D eigenvalue weighted by Gasteiger charge is 2.34. The standard InChI is InChI=1S/C19H26O3/c1-11(2)14-9-8-12(3)10-17(14)15-6-5-7-16(19(21)22)18(15)13(4)20/h5-7,11-12,14,17H,8-10H2,1-4H3,(H,21,22). The molecular weight excluding hydrogens is 276 g/mol. The quantitative estimate of drug-likeness (QED) is 0.816. The van der Waals surface area contributed by atoms with Crippen molar-refractivity contribution in [3.05, 3.63) is 34.9 Å². The van der Waals surface area contributed by atoms with E-state index < -0.39 is 5.97 Å². The van der Waals surface area contributed by atoms with Crippen LogP contribution in [0.25, 0.3) is 0 Å². The first-order valence-electron chi connectivity index (χ1n) is 8.20. The molecular formula is C19H26O3. The SMILES string of the molecule is CC(=O)c1c(C(=O)O)cccc1C1CC(C)CCC1C(C)C. The summed E-state index contributed by atoms with van der Waals surface area (Å²) in [6.07, 6.45) is 3.40. The molecule has 0 radical (unpaired) electrons. The van der Waals surface area contributed by atoms with Gasteiger partial charge in [0.25, 0.3) is 0 Å². The van der Waals surface area contributed by atoms with E-state index in [2.05, 4.69) is 20.8 Å². The summed E-state index contributed by atoms with van der Waals surface area (Å²) in [5.41, 5.74) is 1.50. The number of ketones is 1. The Bertz CT molecular complexity index is 574. The second kappa shape index (κ2) is 6.64. The normalized spacial score (nSPS) is 25.2. The first-order valence-corrected chi connectivity index (χ1v) is 8.20. The Morgan fingerprint density at radius 3 is 2.45 bits per heavy atom. The Kier molecular flexibility index (Phi) is 5.05. The summed E-state index contributed by atoms with van der Waals surface area (Å²) in [6, 6.07) is 5.28. The van der Waals surface area contributed by atoms with Gasteiger partial charge in [-0.25, -0.2) is 4.79 Å². The van der Waals surface area contributed by atoms with E-state index in [-0.39, 0.29) is 17.3 Å². The molecule has 0 spiro atoms. The van der Waals surface area contributed by atoms with Crippen molar-refractivity contribution in [3.63, 3.8) is 0 Å². The first-order chi connectivity index (χ1) is 10.3. The average molecular weight is 302 g/mol. The largest absolute Gasteiger partial charge is 0.478 e. The topological polar surface area (TPSA) is 54.4 Å². The molecule has 22 heavy (non-hydrogen) atoms. The van der Waals surface area contributed by atoms with Crippen molar-refractivity contribution in [3.8, 4) is 0 Å². The predicted octanol–water partition coefficient (Wildman–Crippen LogP) is 4.76. The third-order valence-corrected chi connectivity index (χ3v) is 5.10. The first kappa shape index (κ1) is 16.7. The van der Waals surface area contributed by atoms with Crippen LogP contribution in [0.3, 0.4) is 0 Å². The van der Waals surface area contributed by atoms with Gasteiger partial charge < -0.3 is 5.11 Å². The lowest BCUT2D eigenvalue weighted by Gasteiger charge is -2.38. The van der Waals surface area contributed by atoms with Crippen molar-refractivity contribution in [1.82, 2.24) is 0 Å². The highest BCUT2D eigenvalue weighted by molar-refractivity contribution is 6.06. The van der Waals surface area contributed by atoms with Crippen molar-refractivity contribution >= 4 is 11.8 Å². The van der Waals surface area contributed by atoms with E-state index in [0.29, 0.717) is 23.3 Å². The van der Waals surface area contributed by atoms with Crippen LogP contribution in [0.2, 0.25) is 0 Å². The van der Waals surface area contributed by atoms with Crippen LogP contribution < -0.4 is 0 Å². The van der Waals surface area contributed by atoms with E-state index in [1.807, 2.05) is 6.07 Å². The smallest absolute Gasteiger partial charge is 0.336 e. The number of Topliss-reactive ketones (excluding diaryl/α,β-unsaturated/α-hetero) is 1. The lowest BCUT2D eigenvalue weighted by molar-refractivity contribution is 0.0691. The van der Waals surface area contributed by atoms with Gasteiger partial charge in [0.2, 0.25) is 0 Å². The van der Waals surface area contributed by atoms with Gasteiger partial charge in [-0.1, -0.05) is 39.3 Å². The molecule has 1 aliphatic carbocycles. The molecule has 1 N–H and O–H groups in total. The van der Waals surface area contributed by atoms with Gasteiger partial charge in [0.1, 0.15) is 0 Å². The summed E-state index contributed by atoms with van der Waals surface area (Å²) in [5, 5.41) is 9.41. The summed E-state index contributed by atoms with van der Waals surface area (Å²) in [4.78, 5) is 23.6. The molecule has 1 aromatic rings. The minimum Gasteiger partial charge on any atom is -0.478 e. The van der Waals surface area contributed by atoms with Crippen LogP contribution in [0.5, 0.6) is 0 Å². The molecule has 3 atom stereocenters. The average Bonchev–Trinajstić information content (AvgIpc) is 2.45. The van der Waals surface area contributed by atoms with Crippen LogP contribution in [0.1, 0.15) is 79.2 Å². The van der Waals surface area contributed by atoms with Crippen molar-refractivity contribution < 1.29 is 14.7 Å². The Morgan fingerprint density at radius 1 is 1.23 bits per heavy atom. The van der Waals surface area contributed by atoms with Gasteiger partial charge in [-0.15, -0.1) is 0 Å². The van der Waals surface area contributed by atoms with Crippen LogP contribution >= 0.6 is 0 Å². The monoisotopic (exact) mass is 302 g/mol. The maximum absolute atomic E-state index is 12.1. The molecule has 120 valence electrons. The molecule has 1 aromatic carbocycles. The van der Waals surface area contributed by atoms with Crippen LogP contribution in [0, 0.1) is 17.8 Å². The Balaban J connectivity index is 2.56. The molecule has 1 saturated carbocycles. The molecule has 1 aliphatic rings. The van der Waals surface area contributed by atoms with Crippen molar-refractivity contribution in [2.24, 2.45) is 17.8 Å². The summed E-state index contributed by atoms with van der Waals surface area (Å²) in [7, 11) is 0. The highest BCUT2D eigenvalue weighted by Crippen LogP contribution is 2.45. The fourth-order valence-electron chi connectivity index (χ4n) is 4.01. The third kappa shape index (κ3) is 3.23. The number of rotatable bonds is 4. The number of carboxylic acid groups (broad SMARTS) is 1. The maximum Gasteiger partial charge on any atom is 0.336 e. The summed E-state index contributed by atoms with van der Waals surface area (Å²) >= 11 is 0. The van der Waals surface area contributed by atoms with E-state index in [1.165, 1.54) is 13.3 Å². The van der Waals surface area contributed by atoms with Crippen molar-refractivity contribution in [1.29, 1.82) is 0 Å². The number of hydrogen-bond acceptors (Lipinski definition) is 2. The van der Waals surface area contributed by atoms with E-state index in [1.54, 1.807) is 12.1 Å². The number of carbonyl (C=O) groups is 2. The minimum absolute atomic E-state index is 0.144. The molecule has 0 bridgehead atoms. The van der Waals surface area contributed by atoms with Crippen LogP contribution in [-0.2, 0) is 0 Å². The molecule has 0 heterocycles. The second-order valence-corrected chi connectivity index (χ2v) is 7.06. The number of carboxylic acids is 1. The minimum atomic E-state index is -1.02. The lowest BCUT2D eigenvalue weighted by Crippen LogP contribution is -2.28. The Morgan fingerprint density at radius 2 is 1.91 bits per heavy atom. The van der Waals surface area contributed by atoms with Crippen LogP contribution in [0.15, 0.2) is 18.2 Å². The van der Waals surface area contributed by atoms with E-state index in [0.717, 1.165) is 18.4 Å². The molecule has 0 amide bonds. The lowest BCUT2D eigenvalue weighted by atomic mass is 9.66. The molecule has 0 saturated heterocycles. The van der Waals surface area contributed by atoms with Crippen LogP contribution in [0.4, 0.5) is 0 Å². The van der Waals surface area contributed by atoms with Gasteiger partial charge in [0, 0.05) is 5.56 Å². The van der Waals surface area contributed by atoms with E-state index in [9.17, 15) is 14.7 Å². The Labute approximate surface area is 132 Å². The van der Waals surface area contributed by atoms with Gasteiger partial charge in [-0.3, -0.25) is 4.79 Å². The van der Waals surface area contributed by atoms with Crippen LogP contribution in [-0.4, -0.2) is 16.9 Å². The van der Waals surface area contributed by atoms with Crippen molar-refractivity contribution in [2.45, 2.75) is 52.9 Å². The van der Waals surface area contributed by atoms with Gasteiger partial charge in [0.05, 0.1) is 5.56 Å². The van der Waals surface area contributed by atoms with E-state index in [4.69, 9.17) is 0 Å².